The molecule has 2 rings (SSSR count). The van der Waals surface area contributed by atoms with Gasteiger partial charge in [0.15, 0.2) is 0 Å². The van der Waals surface area contributed by atoms with E-state index in [-0.39, 0.29) is 18.6 Å². The van der Waals surface area contributed by atoms with Crippen LogP contribution in [-0.4, -0.2) is 35.1 Å². The van der Waals surface area contributed by atoms with Gasteiger partial charge in [-0.1, -0.05) is 18.9 Å². The molecule has 1 fully saturated rings. The Morgan fingerprint density at radius 3 is 3.00 bits per heavy atom. The first kappa shape index (κ1) is 13.6. The lowest BCUT2D eigenvalue weighted by Gasteiger charge is -2.28. The van der Waals surface area contributed by atoms with E-state index in [4.69, 9.17) is 5.26 Å². The summed E-state index contributed by atoms with van der Waals surface area (Å²) in [6.45, 7) is 0.685. The summed E-state index contributed by atoms with van der Waals surface area (Å²) in [4.78, 5) is 14.2. The average Bonchev–Trinajstić information content (AvgIpc) is 2.71. The second kappa shape index (κ2) is 6.35. The Balaban J connectivity index is 2.23. The number of benzene rings is 1. The maximum absolute atomic E-state index is 12.5. The largest absolute Gasteiger partial charge is 0.394 e. The lowest BCUT2D eigenvalue weighted by atomic mass is 10.1. The molecule has 1 N–H and O–H groups in total. The van der Waals surface area contributed by atoms with E-state index < -0.39 is 0 Å². The van der Waals surface area contributed by atoms with Gasteiger partial charge in [0.1, 0.15) is 0 Å². The number of rotatable bonds is 2. The summed E-state index contributed by atoms with van der Waals surface area (Å²) >= 11 is 0. The summed E-state index contributed by atoms with van der Waals surface area (Å²) in [6, 6.07) is 8.69. The normalized spacial score (nSPS) is 19.6. The summed E-state index contributed by atoms with van der Waals surface area (Å²) in [5.74, 6) is -0.0851. The van der Waals surface area contributed by atoms with Crippen LogP contribution in [0.5, 0.6) is 0 Å². The molecule has 1 aromatic carbocycles. The van der Waals surface area contributed by atoms with Crippen LogP contribution in [0.2, 0.25) is 0 Å². The predicted octanol–water partition coefficient (Wildman–Crippen LogP) is 1.94. The van der Waals surface area contributed by atoms with Crippen molar-refractivity contribution in [3.8, 4) is 6.07 Å². The zero-order valence-electron chi connectivity index (χ0n) is 10.9. The number of nitriles is 1. The standard InChI is InChI=1S/C15H18N2O2/c16-10-12-5-4-6-13(9-12)15(19)17-8-3-1-2-7-14(17)11-18/h4-6,9,14,18H,1-3,7-8,11H2. The molecule has 1 aromatic rings. The molecule has 1 atom stereocenters. The zero-order valence-corrected chi connectivity index (χ0v) is 10.9. The van der Waals surface area contributed by atoms with Crippen LogP contribution in [0.1, 0.15) is 41.6 Å². The Morgan fingerprint density at radius 2 is 2.26 bits per heavy atom. The Hall–Kier alpha value is -1.86. The molecule has 1 aliphatic heterocycles. The highest BCUT2D eigenvalue weighted by molar-refractivity contribution is 5.94. The van der Waals surface area contributed by atoms with Crippen LogP contribution >= 0.6 is 0 Å². The van der Waals surface area contributed by atoms with Crippen molar-refractivity contribution in [3.63, 3.8) is 0 Å². The first-order valence-electron chi connectivity index (χ1n) is 6.68. The number of nitrogens with zero attached hydrogens (tertiary/aromatic N) is 2. The Morgan fingerprint density at radius 1 is 1.42 bits per heavy atom. The first-order valence-corrected chi connectivity index (χ1v) is 6.68. The molecule has 0 bridgehead atoms. The van der Waals surface area contributed by atoms with Crippen LogP contribution in [0.15, 0.2) is 24.3 Å². The van der Waals surface area contributed by atoms with Crippen LogP contribution in [0.3, 0.4) is 0 Å². The summed E-state index contributed by atoms with van der Waals surface area (Å²) in [5.41, 5.74) is 1.01. The van der Waals surface area contributed by atoms with Gasteiger partial charge in [-0.3, -0.25) is 4.79 Å². The quantitative estimate of drug-likeness (QED) is 0.881. The number of carbonyl (C=O) groups excluding carboxylic acids is 1. The van der Waals surface area contributed by atoms with E-state index in [0.29, 0.717) is 17.7 Å². The van der Waals surface area contributed by atoms with E-state index in [1.807, 2.05) is 6.07 Å². The van der Waals surface area contributed by atoms with Gasteiger partial charge in [-0.25, -0.2) is 0 Å². The minimum absolute atomic E-state index is 0.00365. The maximum atomic E-state index is 12.5. The molecule has 100 valence electrons. The summed E-state index contributed by atoms with van der Waals surface area (Å²) in [5, 5.41) is 18.3. The van der Waals surface area contributed by atoms with Gasteiger partial charge >= 0.3 is 0 Å². The number of hydrogen-bond acceptors (Lipinski definition) is 3. The molecule has 1 unspecified atom stereocenters. The highest BCUT2D eigenvalue weighted by Gasteiger charge is 2.25. The highest BCUT2D eigenvalue weighted by atomic mass is 16.3. The van der Waals surface area contributed by atoms with Crippen molar-refractivity contribution in [2.24, 2.45) is 0 Å². The highest BCUT2D eigenvalue weighted by Crippen LogP contribution is 2.19. The van der Waals surface area contributed by atoms with Gasteiger partial charge < -0.3 is 10.0 Å². The number of aliphatic hydroxyl groups excluding tert-OH is 1. The number of likely N-dealkylation sites (tertiary alicyclic amines) is 1. The lowest BCUT2D eigenvalue weighted by molar-refractivity contribution is 0.0600. The van der Waals surface area contributed by atoms with Crippen LogP contribution in [0.4, 0.5) is 0 Å². The third-order valence-corrected chi connectivity index (χ3v) is 3.59. The van der Waals surface area contributed by atoms with Gasteiger partial charge in [0.2, 0.25) is 0 Å². The molecule has 1 heterocycles. The zero-order chi connectivity index (χ0) is 13.7. The van der Waals surface area contributed by atoms with Crippen molar-refractivity contribution in [2.75, 3.05) is 13.2 Å². The van der Waals surface area contributed by atoms with Crippen LogP contribution in [0.25, 0.3) is 0 Å². The van der Waals surface area contributed by atoms with Crippen LogP contribution in [-0.2, 0) is 0 Å². The van der Waals surface area contributed by atoms with Crippen molar-refractivity contribution < 1.29 is 9.90 Å². The minimum atomic E-state index is -0.0965. The van der Waals surface area contributed by atoms with Crippen molar-refractivity contribution in [1.29, 1.82) is 5.26 Å². The average molecular weight is 258 g/mol. The molecule has 0 spiro atoms. The van der Waals surface area contributed by atoms with Gasteiger partial charge in [0, 0.05) is 12.1 Å². The van der Waals surface area contributed by atoms with Crippen molar-refractivity contribution in [2.45, 2.75) is 31.7 Å². The SMILES string of the molecule is N#Cc1cccc(C(=O)N2CCCCCC2CO)c1. The van der Waals surface area contributed by atoms with Gasteiger partial charge in [-0.05, 0) is 31.0 Å². The van der Waals surface area contributed by atoms with Gasteiger partial charge in [-0.15, -0.1) is 0 Å². The smallest absolute Gasteiger partial charge is 0.254 e. The third kappa shape index (κ3) is 3.12. The van der Waals surface area contributed by atoms with E-state index in [1.165, 1.54) is 0 Å². The molecule has 1 saturated heterocycles. The fourth-order valence-corrected chi connectivity index (χ4v) is 2.52. The maximum Gasteiger partial charge on any atom is 0.254 e. The molecule has 1 amide bonds. The molecular formula is C15H18N2O2. The Bertz CT molecular complexity index is 493. The second-order valence-corrected chi connectivity index (χ2v) is 4.88. The third-order valence-electron chi connectivity index (χ3n) is 3.59. The topological polar surface area (TPSA) is 64.3 Å². The van der Waals surface area contributed by atoms with E-state index >= 15 is 0 Å². The molecule has 4 nitrogen and oxygen atoms in total. The van der Waals surface area contributed by atoms with Crippen LogP contribution in [0, 0.1) is 11.3 Å². The summed E-state index contributed by atoms with van der Waals surface area (Å²) in [7, 11) is 0. The van der Waals surface area contributed by atoms with Crippen molar-refractivity contribution in [1.82, 2.24) is 4.90 Å². The molecule has 0 aromatic heterocycles. The molecule has 0 aliphatic carbocycles. The molecule has 0 radical (unpaired) electrons. The summed E-state index contributed by atoms with van der Waals surface area (Å²) < 4.78 is 0. The van der Waals surface area contributed by atoms with Crippen molar-refractivity contribution >= 4 is 5.91 Å². The lowest BCUT2D eigenvalue weighted by Crippen LogP contribution is -2.42. The fraction of sp³-hybridized carbons (Fsp3) is 0.467. The predicted molar refractivity (Wildman–Crippen MR) is 71.5 cm³/mol. The first-order chi connectivity index (χ1) is 9.26. The van der Waals surface area contributed by atoms with E-state index in [2.05, 4.69) is 0 Å². The van der Waals surface area contributed by atoms with Gasteiger partial charge in [0.05, 0.1) is 24.3 Å². The number of aliphatic hydroxyl groups is 1. The molecule has 0 saturated carbocycles. The van der Waals surface area contributed by atoms with Gasteiger partial charge in [-0.2, -0.15) is 5.26 Å². The second-order valence-electron chi connectivity index (χ2n) is 4.88. The molecule has 4 heteroatoms. The Kier molecular flexibility index (Phi) is 4.53. The van der Waals surface area contributed by atoms with E-state index in [9.17, 15) is 9.90 Å². The van der Waals surface area contributed by atoms with Crippen LogP contribution < -0.4 is 0 Å². The Labute approximate surface area is 113 Å². The molecule has 1 aliphatic rings. The van der Waals surface area contributed by atoms with E-state index in [1.54, 1.807) is 29.2 Å². The molecular weight excluding hydrogens is 240 g/mol. The monoisotopic (exact) mass is 258 g/mol. The fourth-order valence-electron chi connectivity index (χ4n) is 2.52. The minimum Gasteiger partial charge on any atom is -0.394 e. The molecule has 19 heavy (non-hydrogen) atoms. The summed E-state index contributed by atoms with van der Waals surface area (Å²) in [6.07, 6.45) is 3.96. The number of hydrogen-bond donors (Lipinski definition) is 1. The number of carbonyl (C=O) groups is 1. The van der Waals surface area contributed by atoms with Gasteiger partial charge in [0.25, 0.3) is 5.91 Å². The number of amides is 1. The van der Waals surface area contributed by atoms with E-state index in [0.717, 1.165) is 25.7 Å². The van der Waals surface area contributed by atoms with Crippen molar-refractivity contribution in [3.05, 3.63) is 35.4 Å².